The number of piperidine rings is 1. The van der Waals surface area contributed by atoms with E-state index in [1.54, 1.807) is 18.2 Å². The number of carbonyl (C=O) groups is 1. The van der Waals surface area contributed by atoms with E-state index in [1.807, 2.05) is 0 Å². The zero-order valence-electron chi connectivity index (χ0n) is 10.9. The molecule has 116 valence electrons. The molecule has 1 aliphatic heterocycles. The van der Waals surface area contributed by atoms with Crippen LogP contribution >= 0.6 is 27.5 Å². The van der Waals surface area contributed by atoms with Crippen molar-refractivity contribution in [1.29, 1.82) is 0 Å². The molecule has 2 rings (SSSR count). The van der Waals surface area contributed by atoms with Gasteiger partial charge in [0.25, 0.3) is 0 Å². The van der Waals surface area contributed by atoms with Crippen molar-refractivity contribution >= 4 is 49.4 Å². The molecule has 9 heteroatoms. The highest BCUT2D eigenvalue weighted by Crippen LogP contribution is 2.28. The highest BCUT2D eigenvalue weighted by molar-refractivity contribution is 9.10. The van der Waals surface area contributed by atoms with Crippen LogP contribution in [0.1, 0.15) is 12.8 Å². The quantitative estimate of drug-likeness (QED) is 0.817. The van der Waals surface area contributed by atoms with E-state index in [0.29, 0.717) is 34.6 Å². The molecule has 1 fully saturated rings. The number of carboxylic acid groups (broad SMARTS) is 1. The molecule has 21 heavy (non-hydrogen) atoms. The van der Waals surface area contributed by atoms with Crippen LogP contribution in [0, 0.1) is 5.92 Å². The molecule has 1 heterocycles. The maximum Gasteiger partial charge on any atom is 0.307 e. The third-order valence-corrected chi connectivity index (χ3v) is 5.62. The first-order valence-corrected chi connectivity index (χ1v) is 8.86. The lowest BCUT2D eigenvalue weighted by molar-refractivity contribution is -0.142. The summed E-state index contributed by atoms with van der Waals surface area (Å²) in [5.41, 5.74) is 0.358. The summed E-state index contributed by atoms with van der Waals surface area (Å²) in [5, 5.41) is 9.50. The average molecular weight is 398 g/mol. The molecule has 1 aromatic carbocycles. The molecule has 1 aliphatic rings. The first-order valence-electron chi connectivity index (χ1n) is 6.25. The molecular weight excluding hydrogens is 384 g/mol. The maximum atomic E-state index is 12.3. The highest BCUT2D eigenvalue weighted by Gasteiger charge is 2.32. The van der Waals surface area contributed by atoms with Crippen molar-refractivity contribution in [3.63, 3.8) is 0 Å². The van der Waals surface area contributed by atoms with Gasteiger partial charge in [-0.25, -0.2) is 0 Å². The van der Waals surface area contributed by atoms with E-state index in [1.165, 1.54) is 0 Å². The van der Waals surface area contributed by atoms with E-state index in [9.17, 15) is 13.2 Å². The Kier molecular flexibility index (Phi) is 5.13. The minimum absolute atomic E-state index is 0.0180. The summed E-state index contributed by atoms with van der Waals surface area (Å²) in [4.78, 5) is 11.0. The Balaban J connectivity index is 2.16. The van der Waals surface area contributed by atoms with Crippen molar-refractivity contribution in [2.45, 2.75) is 12.8 Å². The van der Waals surface area contributed by atoms with Gasteiger partial charge in [0, 0.05) is 22.6 Å². The molecule has 2 N–H and O–H groups in total. The Morgan fingerprint density at radius 3 is 2.81 bits per heavy atom. The van der Waals surface area contributed by atoms with E-state index in [4.69, 9.17) is 16.7 Å². The lowest BCUT2D eigenvalue weighted by Gasteiger charge is -2.30. The number of rotatable bonds is 4. The normalized spacial score (nSPS) is 20.2. The Morgan fingerprint density at radius 1 is 1.48 bits per heavy atom. The Hall–Kier alpha value is -0.830. The molecule has 1 aromatic rings. The van der Waals surface area contributed by atoms with Crippen molar-refractivity contribution in [2.75, 3.05) is 17.8 Å². The van der Waals surface area contributed by atoms with Crippen LogP contribution in [-0.2, 0) is 15.0 Å². The number of nitrogens with one attached hydrogen (secondary N) is 1. The third-order valence-electron chi connectivity index (χ3n) is 3.24. The predicted molar refractivity (Wildman–Crippen MR) is 83.6 cm³/mol. The number of benzene rings is 1. The first kappa shape index (κ1) is 16.5. The van der Waals surface area contributed by atoms with E-state index < -0.39 is 22.1 Å². The van der Waals surface area contributed by atoms with Crippen LogP contribution in [0.2, 0.25) is 5.02 Å². The molecule has 0 bridgehead atoms. The number of anilines is 1. The van der Waals surface area contributed by atoms with Gasteiger partial charge in [-0.05, 0) is 47.0 Å². The summed E-state index contributed by atoms with van der Waals surface area (Å²) in [6.45, 7) is 0.292. The number of aliphatic carboxylic acids is 1. The van der Waals surface area contributed by atoms with Crippen molar-refractivity contribution < 1.29 is 18.3 Å². The van der Waals surface area contributed by atoms with Crippen LogP contribution in [-0.4, -0.2) is 36.9 Å². The fourth-order valence-corrected chi connectivity index (χ4v) is 4.38. The van der Waals surface area contributed by atoms with Crippen LogP contribution in [0.25, 0.3) is 0 Å². The zero-order valence-corrected chi connectivity index (χ0v) is 14.1. The average Bonchev–Trinajstić information content (AvgIpc) is 2.42. The van der Waals surface area contributed by atoms with Gasteiger partial charge in [0.05, 0.1) is 11.6 Å². The predicted octanol–water partition coefficient (Wildman–Crippen LogP) is 2.56. The fourth-order valence-electron chi connectivity index (χ4n) is 2.14. The molecule has 6 nitrogen and oxygen atoms in total. The minimum atomic E-state index is -3.79. The molecule has 0 amide bonds. The zero-order chi connectivity index (χ0) is 15.6. The van der Waals surface area contributed by atoms with Gasteiger partial charge in [0.1, 0.15) is 0 Å². The Morgan fingerprint density at radius 2 is 2.19 bits per heavy atom. The number of hydrogen-bond donors (Lipinski definition) is 2. The van der Waals surface area contributed by atoms with Crippen LogP contribution in [0.3, 0.4) is 0 Å². The number of halogens is 2. The van der Waals surface area contributed by atoms with Crippen LogP contribution < -0.4 is 4.72 Å². The van der Waals surface area contributed by atoms with Gasteiger partial charge in [-0.2, -0.15) is 12.7 Å². The van der Waals surface area contributed by atoms with Crippen molar-refractivity contribution in [3.8, 4) is 0 Å². The minimum Gasteiger partial charge on any atom is -0.481 e. The monoisotopic (exact) mass is 396 g/mol. The number of carboxylic acids is 1. The molecule has 0 spiro atoms. The molecule has 1 saturated heterocycles. The number of nitrogens with zero attached hydrogens (tertiary/aromatic N) is 1. The molecule has 1 unspecified atom stereocenters. The second-order valence-corrected chi connectivity index (χ2v) is 7.73. The van der Waals surface area contributed by atoms with Gasteiger partial charge in [-0.3, -0.25) is 9.52 Å². The summed E-state index contributed by atoms with van der Waals surface area (Å²) in [6, 6.07) is 4.69. The van der Waals surface area contributed by atoms with Gasteiger partial charge in [-0.1, -0.05) is 11.6 Å². The molecule has 0 aromatic heterocycles. The Bertz CT molecular complexity index is 653. The van der Waals surface area contributed by atoms with Gasteiger partial charge >= 0.3 is 16.2 Å². The maximum absolute atomic E-state index is 12.3. The van der Waals surface area contributed by atoms with Gasteiger partial charge in [-0.15, -0.1) is 0 Å². The second kappa shape index (κ2) is 6.51. The van der Waals surface area contributed by atoms with Crippen molar-refractivity contribution in [1.82, 2.24) is 4.31 Å². The lowest BCUT2D eigenvalue weighted by atomic mass is 10.0. The van der Waals surface area contributed by atoms with Crippen LogP contribution in [0.15, 0.2) is 22.7 Å². The fraction of sp³-hybridized carbons (Fsp3) is 0.417. The second-order valence-electron chi connectivity index (χ2n) is 4.77. The summed E-state index contributed by atoms with van der Waals surface area (Å²) >= 11 is 9.04. The third kappa shape index (κ3) is 4.09. The van der Waals surface area contributed by atoms with E-state index in [2.05, 4.69) is 20.7 Å². The van der Waals surface area contributed by atoms with E-state index in [0.717, 1.165) is 4.31 Å². The van der Waals surface area contributed by atoms with Gasteiger partial charge in [0.2, 0.25) is 0 Å². The number of hydrogen-bond acceptors (Lipinski definition) is 3. The van der Waals surface area contributed by atoms with Crippen molar-refractivity contribution in [3.05, 3.63) is 27.7 Å². The summed E-state index contributed by atoms with van der Waals surface area (Å²) in [5.74, 6) is -1.63. The Labute approximate surface area is 136 Å². The summed E-state index contributed by atoms with van der Waals surface area (Å²) in [7, 11) is -3.79. The van der Waals surface area contributed by atoms with Gasteiger partial charge < -0.3 is 5.11 Å². The smallest absolute Gasteiger partial charge is 0.307 e. The SMILES string of the molecule is O=C(O)C1CCCN(S(=O)(=O)Nc2ccc(Cl)cc2Br)C1. The molecule has 0 aliphatic carbocycles. The highest BCUT2D eigenvalue weighted by atomic mass is 79.9. The summed E-state index contributed by atoms with van der Waals surface area (Å²) < 4.78 is 28.8. The molecule has 0 radical (unpaired) electrons. The van der Waals surface area contributed by atoms with Crippen LogP contribution in [0.4, 0.5) is 5.69 Å². The van der Waals surface area contributed by atoms with E-state index >= 15 is 0 Å². The summed E-state index contributed by atoms with van der Waals surface area (Å²) in [6.07, 6.45) is 1.02. The van der Waals surface area contributed by atoms with Crippen molar-refractivity contribution in [2.24, 2.45) is 5.92 Å². The van der Waals surface area contributed by atoms with Gasteiger partial charge in [0.15, 0.2) is 0 Å². The largest absolute Gasteiger partial charge is 0.481 e. The molecular formula is C12H14BrClN2O4S. The first-order chi connectivity index (χ1) is 9.79. The lowest BCUT2D eigenvalue weighted by Crippen LogP contribution is -2.44. The molecule has 0 saturated carbocycles. The topological polar surface area (TPSA) is 86.7 Å². The van der Waals surface area contributed by atoms with Crippen LogP contribution in [0.5, 0.6) is 0 Å². The standard InChI is InChI=1S/C12H14BrClN2O4S/c13-10-6-9(14)3-4-11(10)15-21(19,20)16-5-1-2-8(7-16)12(17)18/h3-4,6,8,15H,1-2,5,7H2,(H,17,18). The molecule has 1 atom stereocenters. The van der Waals surface area contributed by atoms with E-state index in [-0.39, 0.29) is 6.54 Å².